The lowest BCUT2D eigenvalue weighted by Crippen LogP contribution is -2.27. The van der Waals surface area contributed by atoms with Crippen LogP contribution in [0.2, 0.25) is 0 Å². The number of benzene rings is 2. The molecule has 1 aromatic heterocycles. The molecule has 1 aliphatic rings. The molecule has 5 nitrogen and oxygen atoms in total. The second-order valence-electron chi connectivity index (χ2n) is 5.72. The van der Waals surface area contributed by atoms with E-state index in [9.17, 15) is 14.4 Å². The molecule has 0 aliphatic carbocycles. The van der Waals surface area contributed by atoms with Gasteiger partial charge in [0.2, 0.25) is 5.88 Å². The number of nitrogens with zero attached hydrogens (tertiary/aromatic N) is 1. The quantitative estimate of drug-likeness (QED) is 0.716. The Kier molecular flexibility index (Phi) is 3.29. The van der Waals surface area contributed by atoms with E-state index in [1.807, 2.05) is 12.1 Å². The zero-order valence-corrected chi connectivity index (χ0v) is 12.9. The lowest BCUT2D eigenvalue weighted by atomic mass is 9.83. The molecular weight excluding hydrogens is 321 g/mol. The SMILES string of the molecule is N#CC1=C(N)Oc2c(c(=O)[nH]c3ccccc23)[C@@H]1c1ccc(F)cc1. The molecular formula is C19H12FN3O2. The van der Waals surface area contributed by atoms with Crippen LogP contribution in [0.4, 0.5) is 4.39 Å². The van der Waals surface area contributed by atoms with Crippen molar-refractivity contribution in [3.05, 3.63) is 87.3 Å². The molecule has 2 heterocycles. The summed E-state index contributed by atoms with van der Waals surface area (Å²) in [7, 11) is 0. The Morgan fingerprint density at radius 1 is 1.16 bits per heavy atom. The molecule has 3 N–H and O–H groups in total. The number of aromatic amines is 1. The van der Waals surface area contributed by atoms with Gasteiger partial charge >= 0.3 is 0 Å². The van der Waals surface area contributed by atoms with Crippen molar-refractivity contribution in [2.24, 2.45) is 5.73 Å². The summed E-state index contributed by atoms with van der Waals surface area (Å²) in [5.74, 6) is -0.855. The lowest BCUT2D eigenvalue weighted by Gasteiger charge is -2.26. The Morgan fingerprint density at radius 2 is 1.88 bits per heavy atom. The largest absolute Gasteiger partial charge is 0.439 e. The monoisotopic (exact) mass is 333 g/mol. The number of rotatable bonds is 1. The summed E-state index contributed by atoms with van der Waals surface area (Å²) in [5, 5.41) is 10.2. The predicted molar refractivity (Wildman–Crippen MR) is 90.3 cm³/mol. The first-order valence-electron chi connectivity index (χ1n) is 7.58. The smallest absolute Gasteiger partial charge is 0.256 e. The molecule has 122 valence electrons. The number of halogens is 1. The fourth-order valence-corrected chi connectivity index (χ4v) is 3.16. The third kappa shape index (κ3) is 2.25. The highest BCUT2D eigenvalue weighted by Crippen LogP contribution is 2.42. The van der Waals surface area contributed by atoms with E-state index in [0.29, 0.717) is 22.2 Å². The van der Waals surface area contributed by atoms with Gasteiger partial charge in [-0.25, -0.2) is 4.39 Å². The fraction of sp³-hybridized carbons (Fsp3) is 0.0526. The number of nitrogens with one attached hydrogen (secondary N) is 1. The van der Waals surface area contributed by atoms with E-state index < -0.39 is 11.7 Å². The summed E-state index contributed by atoms with van der Waals surface area (Å²) in [4.78, 5) is 15.5. The molecule has 0 saturated carbocycles. The van der Waals surface area contributed by atoms with Crippen LogP contribution in [0.15, 0.2) is 64.8 Å². The molecule has 3 aromatic rings. The van der Waals surface area contributed by atoms with Crippen LogP contribution in [-0.4, -0.2) is 4.98 Å². The Hall–Kier alpha value is -3.59. The maximum atomic E-state index is 13.3. The number of allylic oxidation sites excluding steroid dienone is 1. The van der Waals surface area contributed by atoms with Gasteiger partial charge in [0.15, 0.2) is 0 Å². The number of nitrogens with two attached hydrogens (primary N) is 1. The highest BCUT2D eigenvalue weighted by Gasteiger charge is 2.34. The molecule has 1 aliphatic heterocycles. The van der Waals surface area contributed by atoms with Crippen molar-refractivity contribution in [1.82, 2.24) is 4.98 Å². The number of para-hydroxylation sites is 1. The number of aromatic nitrogens is 1. The van der Waals surface area contributed by atoms with Gasteiger partial charge in [0.25, 0.3) is 5.56 Å². The topological polar surface area (TPSA) is 91.9 Å². The van der Waals surface area contributed by atoms with E-state index in [4.69, 9.17) is 10.5 Å². The molecule has 4 rings (SSSR count). The normalized spacial score (nSPS) is 16.2. The minimum atomic E-state index is -0.720. The molecule has 25 heavy (non-hydrogen) atoms. The van der Waals surface area contributed by atoms with E-state index in [1.54, 1.807) is 18.2 Å². The minimum Gasteiger partial charge on any atom is -0.439 e. The van der Waals surface area contributed by atoms with E-state index in [0.717, 1.165) is 0 Å². The van der Waals surface area contributed by atoms with Crippen molar-refractivity contribution in [2.45, 2.75) is 5.92 Å². The van der Waals surface area contributed by atoms with Crippen LogP contribution in [0.25, 0.3) is 10.9 Å². The van der Waals surface area contributed by atoms with Crippen molar-refractivity contribution in [2.75, 3.05) is 0 Å². The van der Waals surface area contributed by atoms with Crippen molar-refractivity contribution in [3.8, 4) is 11.8 Å². The van der Waals surface area contributed by atoms with E-state index in [1.165, 1.54) is 24.3 Å². The molecule has 0 bridgehead atoms. The molecule has 0 fully saturated rings. The molecule has 6 heteroatoms. The second kappa shape index (κ2) is 5.49. The summed E-state index contributed by atoms with van der Waals surface area (Å²) in [6.45, 7) is 0. The maximum absolute atomic E-state index is 13.3. The van der Waals surface area contributed by atoms with Gasteiger partial charge in [0.1, 0.15) is 23.2 Å². The van der Waals surface area contributed by atoms with Crippen molar-refractivity contribution in [1.29, 1.82) is 5.26 Å². The van der Waals surface area contributed by atoms with Crippen LogP contribution in [0.5, 0.6) is 5.75 Å². The number of ether oxygens (including phenoxy) is 1. The average molecular weight is 333 g/mol. The fourth-order valence-electron chi connectivity index (χ4n) is 3.16. The van der Waals surface area contributed by atoms with Crippen LogP contribution in [0.3, 0.4) is 0 Å². The van der Waals surface area contributed by atoms with E-state index in [-0.39, 0.29) is 22.6 Å². The maximum Gasteiger partial charge on any atom is 0.256 e. The number of nitriles is 1. The first kappa shape index (κ1) is 15.0. The predicted octanol–water partition coefficient (Wildman–Crippen LogP) is 2.89. The molecule has 2 aromatic carbocycles. The Balaban J connectivity index is 2.08. The second-order valence-corrected chi connectivity index (χ2v) is 5.72. The Morgan fingerprint density at radius 3 is 2.60 bits per heavy atom. The van der Waals surface area contributed by atoms with Crippen LogP contribution in [0, 0.1) is 17.1 Å². The minimum absolute atomic E-state index is 0.0555. The number of hydrogen-bond acceptors (Lipinski definition) is 4. The Labute approximate surface area is 141 Å². The first-order chi connectivity index (χ1) is 12.1. The van der Waals surface area contributed by atoms with Crippen LogP contribution < -0.4 is 16.0 Å². The zero-order valence-electron chi connectivity index (χ0n) is 12.9. The molecule has 0 saturated heterocycles. The third-order valence-electron chi connectivity index (χ3n) is 4.29. The summed E-state index contributed by atoms with van der Waals surface area (Å²) < 4.78 is 18.9. The number of H-pyrrole nitrogens is 1. The van der Waals surface area contributed by atoms with Crippen LogP contribution >= 0.6 is 0 Å². The van der Waals surface area contributed by atoms with Gasteiger partial charge < -0.3 is 15.5 Å². The van der Waals surface area contributed by atoms with Gasteiger partial charge in [-0.3, -0.25) is 4.79 Å². The van der Waals surface area contributed by atoms with Gasteiger partial charge in [0, 0.05) is 5.39 Å². The summed E-state index contributed by atoms with van der Waals surface area (Å²) >= 11 is 0. The van der Waals surface area contributed by atoms with E-state index >= 15 is 0 Å². The highest BCUT2D eigenvalue weighted by molar-refractivity contribution is 5.87. The number of hydrogen-bond donors (Lipinski definition) is 2. The van der Waals surface area contributed by atoms with Crippen LogP contribution in [-0.2, 0) is 0 Å². The average Bonchev–Trinajstić information content (AvgIpc) is 2.61. The van der Waals surface area contributed by atoms with Crippen molar-refractivity contribution >= 4 is 10.9 Å². The zero-order chi connectivity index (χ0) is 17.6. The van der Waals surface area contributed by atoms with Gasteiger partial charge in [-0.2, -0.15) is 5.26 Å². The van der Waals surface area contributed by atoms with Gasteiger partial charge in [-0.1, -0.05) is 24.3 Å². The Bertz CT molecular complexity index is 1120. The van der Waals surface area contributed by atoms with Crippen LogP contribution in [0.1, 0.15) is 17.0 Å². The number of fused-ring (bicyclic) bond motifs is 3. The van der Waals surface area contributed by atoms with Gasteiger partial charge in [0.05, 0.1) is 17.0 Å². The third-order valence-corrected chi connectivity index (χ3v) is 4.29. The summed E-state index contributed by atoms with van der Waals surface area (Å²) in [6.07, 6.45) is 0. The lowest BCUT2D eigenvalue weighted by molar-refractivity contribution is 0.397. The van der Waals surface area contributed by atoms with Crippen molar-refractivity contribution in [3.63, 3.8) is 0 Å². The van der Waals surface area contributed by atoms with Crippen molar-refractivity contribution < 1.29 is 9.13 Å². The summed E-state index contributed by atoms with van der Waals surface area (Å²) in [5.41, 5.74) is 7.19. The number of pyridine rings is 1. The highest BCUT2D eigenvalue weighted by atomic mass is 19.1. The van der Waals surface area contributed by atoms with Gasteiger partial charge in [-0.05, 0) is 29.8 Å². The molecule has 0 unspecified atom stereocenters. The standard InChI is InChI=1S/C19H12FN3O2/c20-11-7-5-10(6-8-11)15-13(9-21)18(22)25-17-12-3-1-2-4-14(12)23-19(24)16(15)17/h1-8,15H,22H2,(H,23,24)/t15-/m1/s1. The molecule has 0 radical (unpaired) electrons. The summed E-state index contributed by atoms with van der Waals surface area (Å²) in [6, 6.07) is 14.8. The molecule has 0 amide bonds. The molecule has 0 spiro atoms. The van der Waals surface area contributed by atoms with Gasteiger partial charge in [-0.15, -0.1) is 0 Å². The van der Waals surface area contributed by atoms with E-state index in [2.05, 4.69) is 4.98 Å². The molecule has 1 atom stereocenters. The first-order valence-corrected chi connectivity index (χ1v) is 7.58.